The summed E-state index contributed by atoms with van der Waals surface area (Å²) in [4.78, 5) is 58.4. The number of benzene rings is 1. The number of aromatic nitrogens is 12. The average molecular weight is 2120 g/mol. The Bertz CT molecular complexity index is 6040. The van der Waals surface area contributed by atoms with Gasteiger partial charge in [0.1, 0.15) is 28.2 Å². The van der Waals surface area contributed by atoms with Crippen LogP contribution < -0.4 is 10.6 Å². The van der Waals surface area contributed by atoms with Crippen LogP contribution in [0.25, 0.3) is 33.3 Å². The first-order valence-corrected chi connectivity index (χ1v) is 46.8. The van der Waals surface area contributed by atoms with E-state index in [0.29, 0.717) is 69.6 Å². The Labute approximate surface area is 771 Å². The molecule has 636 valence electrons. The van der Waals surface area contributed by atoms with Gasteiger partial charge in [-0.15, -0.1) is 4.91 Å². The van der Waals surface area contributed by atoms with Crippen LogP contribution in [0.3, 0.4) is 0 Å². The monoisotopic (exact) mass is 2110 g/mol. The van der Waals surface area contributed by atoms with Gasteiger partial charge in [-0.3, -0.25) is 29.4 Å². The van der Waals surface area contributed by atoms with Crippen LogP contribution in [0.2, 0.25) is 0 Å². The molecule has 20 rings (SSSR count). The predicted octanol–water partition coefficient (Wildman–Crippen LogP) is 24.5. The van der Waals surface area contributed by atoms with Crippen molar-refractivity contribution in [1.29, 1.82) is 5.26 Å². The zero-order chi connectivity index (χ0) is 87.2. The molecule has 7 fully saturated rings. The molecular formula is C90H94Br7FN18O5S. The maximum Gasteiger partial charge on any atom is 0.248 e. The largest absolute Gasteiger partial charge is 0.411 e. The first kappa shape index (κ1) is 91.3. The Morgan fingerprint density at radius 2 is 0.975 bits per heavy atom. The molecule has 32 heteroatoms. The number of nitrogen functional groups attached to an aromatic ring is 1. The number of hydrogen-bond donors (Lipinski definition) is 2. The topological polar surface area (TPSA) is 282 Å². The van der Waals surface area contributed by atoms with E-state index in [9.17, 15) is 24.1 Å². The molecule has 7 aliphatic rings. The van der Waals surface area contributed by atoms with Crippen molar-refractivity contribution in [2.24, 2.45) is 28.1 Å². The SMILES string of the molecule is CON(C)C(=O)C1CC1.Cc1cc(Br)cc(C)n1.Cc1cc(Br)cc(CC(=NO)C2CC2)n1.Cc1cc(Br)cc(CC(=O)C2CC2)n1.Cc1cc(Br)cc2c(N(C)c3nc(-c4ccc(F)cc4)c(C#N)s3)c(C3CC3)nn12.Cc1cc(Br)cc2c(N)c(C3CC3)nn12.Cc1cc(Br)cc2c(N=O)c(C3CC3)nn12.Cc1cc(Br)cc2cc(C3CC3)nn12. The zero-order valence-electron chi connectivity index (χ0n) is 69.5. The maximum absolute atomic E-state index is 13.3. The normalized spacial score (nSPS) is 15.1. The molecule has 0 bridgehead atoms. The Hall–Kier alpha value is -8.39. The number of oxime groups is 1. The third kappa shape index (κ3) is 24.0. The fourth-order valence-corrected chi connectivity index (χ4v) is 19.0. The molecule has 12 heterocycles. The van der Waals surface area contributed by atoms with E-state index in [4.69, 9.17) is 25.9 Å². The molecule has 13 aromatic rings. The van der Waals surface area contributed by atoms with Gasteiger partial charge in [0.25, 0.3) is 0 Å². The van der Waals surface area contributed by atoms with Crippen LogP contribution in [0.5, 0.6) is 0 Å². The molecule has 23 nitrogen and oxygen atoms in total. The van der Waals surface area contributed by atoms with Gasteiger partial charge in [-0.2, -0.15) is 25.7 Å². The van der Waals surface area contributed by atoms with E-state index in [1.54, 1.807) is 23.7 Å². The highest BCUT2D eigenvalue weighted by Crippen LogP contribution is 2.50. The first-order valence-electron chi connectivity index (χ1n) is 40.5. The fraction of sp³-hybridized carbons (Fsp3) is 0.378. The van der Waals surface area contributed by atoms with Crippen LogP contribution in [0, 0.1) is 95.2 Å². The number of aryl methyl sites for hydroxylation is 8. The number of rotatable bonds is 16. The van der Waals surface area contributed by atoms with Gasteiger partial charge in [0.15, 0.2) is 10.8 Å². The highest BCUT2D eigenvalue weighted by atomic mass is 79.9. The van der Waals surface area contributed by atoms with Crippen molar-refractivity contribution >= 4 is 185 Å². The Balaban J connectivity index is 0.000000124. The molecule has 1 amide bonds. The molecular weight excluding hydrogens is 2020 g/mol. The van der Waals surface area contributed by atoms with Gasteiger partial charge in [-0.25, -0.2) is 32.5 Å². The van der Waals surface area contributed by atoms with Crippen LogP contribution in [-0.2, 0) is 27.3 Å². The minimum atomic E-state index is -0.314. The summed E-state index contributed by atoms with van der Waals surface area (Å²) < 4.78 is 28.3. The quantitative estimate of drug-likeness (QED) is 0.0393. The van der Waals surface area contributed by atoms with E-state index in [0.717, 1.165) is 209 Å². The van der Waals surface area contributed by atoms with Crippen molar-refractivity contribution < 1.29 is 24.0 Å². The van der Waals surface area contributed by atoms with Gasteiger partial charge in [-0.05, 0) is 266 Å². The number of fused-ring (bicyclic) bond motifs is 4. The molecule has 1 aromatic carbocycles. The third-order valence-corrected chi connectivity index (χ3v) is 25.5. The number of ketones is 1. The number of carbonyl (C=O) groups excluding carboxylic acids is 2. The summed E-state index contributed by atoms with van der Waals surface area (Å²) in [6.07, 6.45) is 17.2. The number of carbonyl (C=O) groups is 2. The molecule has 0 saturated heterocycles. The number of Topliss-reactive ketones (excluding diaryl/α,β-unsaturated/α-hetero) is 1. The number of hydrogen-bond acceptors (Lipinski definition) is 19. The van der Waals surface area contributed by atoms with Crippen molar-refractivity contribution in [2.45, 2.75) is 182 Å². The minimum Gasteiger partial charge on any atom is -0.411 e. The highest BCUT2D eigenvalue weighted by molar-refractivity contribution is 9.11. The summed E-state index contributed by atoms with van der Waals surface area (Å²) >= 11 is 25.6. The van der Waals surface area contributed by atoms with Gasteiger partial charge in [0.05, 0.1) is 69.0 Å². The summed E-state index contributed by atoms with van der Waals surface area (Å²) in [5, 5.41) is 45.6. The average Bonchev–Trinajstić information content (AvgIpc) is 1.59. The smallest absolute Gasteiger partial charge is 0.248 e. The third-order valence-electron chi connectivity index (χ3n) is 21.3. The van der Waals surface area contributed by atoms with Gasteiger partial charge in [-0.1, -0.05) is 128 Å². The lowest BCUT2D eigenvalue weighted by molar-refractivity contribution is -0.170. The van der Waals surface area contributed by atoms with Crippen LogP contribution in [0.1, 0.15) is 198 Å². The number of anilines is 3. The number of amides is 1. The van der Waals surface area contributed by atoms with E-state index >= 15 is 0 Å². The van der Waals surface area contributed by atoms with E-state index in [1.165, 1.54) is 78.2 Å². The van der Waals surface area contributed by atoms with E-state index in [2.05, 4.69) is 195 Å². The van der Waals surface area contributed by atoms with Gasteiger partial charge >= 0.3 is 0 Å². The molecule has 3 N–H and O–H groups in total. The number of halogens is 8. The van der Waals surface area contributed by atoms with E-state index < -0.39 is 0 Å². The molecule has 7 saturated carbocycles. The molecule has 122 heavy (non-hydrogen) atoms. The lowest BCUT2D eigenvalue weighted by atomic mass is 10.1. The standard InChI is InChI=1S/C22H17BrFN5S.C11H10BrN3O.C11H12BrN3.C11H13BrN2O.C11H11BrN2.C11H12BrNO.C7H8BrN.C6H11NO2/c1-12-9-15(23)10-17-21(20(14-3-4-14)27-29(12)17)28(2)22-26-19(18(11-25)30-22)13-5-7-16(24)8-6-13;1-6-4-8(12)5-9-11(14-16)10(7-2-3-7)13-15(6)9;1-6-4-8(12)5-9-10(13)11(7-2-3-7)14-15(6)9;1-7-4-9(12)5-10(13-7)6-11(14-15)8-2-3-8;1-7-4-9(12)5-10-6-11(8-2-3-8)13-14(7)10;1-7-4-9(12)5-10(13-7)6-11(14)8-2-3-8;1-5-3-7(8)4-6(2)9-5;1-7(9-2)6(8)5-3-4-5/h5-10,14H,3-4H2,1-2H3;4-5,7H,2-3H2,1H3;4-5,7H,2-3,13H2,1H3;4-5,8,15H,2-3,6H2,1H3;4-6,8H,2-3H2,1H3;4-5,8H,2-3,6H2,1H3;3-4H,1-2H3;5H,3-4H2,1-2H3. The molecule has 7 aliphatic carbocycles. The van der Waals surface area contributed by atoms with Crippen LogP contribution in [0.15, 0.2) is 157 Å². The van der Waals surface area contributed by atoms with E-state index in [1.807, 2.05) is 135 Å². The zero-order valence-corrected chi connectivity index (χ0v) is 81.4. The predicted molar refractivity (Wildman–Crippen MR) is 503 cm³/mol. The molecule has 0 unspecified atom stereocenters. The van der Waals surface area contributed by atoms with Crippen LogP contribution in [0.4, 0.5) is 26.6 Å². The number of thiazole rings is 1. The fourth-order valence-electron chi connectivity index (χ4n) is 14.1. The first-order chi connectivity index (χ1) is 58.3. The second-order valence-corrected chi connectivity index (χ2v) is 39.4. The molecule has 0 atom stereocenters. The lowest BCUT2D eigenvalue weighted by Crippen LogP contribution is -2.26. The summed E-state index contributed by atoms with van der Waals surface area (Å²) in [7, 11) is 5.11. The van der Waals surface area contributed by atoms with Crippen molar-refractivity contribution in [2.75, 3.05) is 31.8 Å². The van der Waals surface area contributed by atoms with Crippen LogP contribution in [-0.4, -0.2) is 107 Å². The van der Waals surface area contributed by atoms with E-state index in [-0.39, 0.29) is 17.6 Å². The van der Waals surface area contributed by atoms with Gasteiger partial charge in [0.2, 0.25) is 5.91 Å². The minimum absolute atomic E-state index is 0.109. The summed E-state index contributed by atoms with van der Waals surface area (Å²) in [6, 6.07) is 38.6. The summed E-state index contributed by atoms with van der Waals surface area (Å²) in [5.41, 5.74) is 29.1. The van der Waals surface area contributed by atoms with Gasteiger partial charge in [0, 0.05) is 162 Å². The number of pyridine rings is 7. The van der Waals surface area contributed by atoms with Crippen molar-refractivity contribution in [3.63, 3.8) is 0 Å². The number of nitroso groups, excluding NO2 is 1. The molecule has 0 radical (unpaired) electrons. The number of nitrogens with zero attached hydrogens (tertiary/aromatic N) is 17. The van der Waals surface area contributed by atoms with Gasteiger partial charge < -0.3 is 15.8 Å². The second-order valence-electron chi connectivity index (χ2n) is 32.0. The Morgan fingerprint density at radius 1 is 0.533 bits per heavy atom. The van der Waals surface area contributed by atoms with Crippen LogP contribution >= 0.6 is 123 Å². The highest BCUT2D eigenvalue weighted by Gasteiger charge is 2.37. The molecule has 0 aliphatic heterocycles. The summed E-state index contributed by atoms with van der Waals surface area (Å²) in [5.74, 6) is 3.43. The number of nitriles is 1. The maximum atomic E-state index is 13.3. The van der Waals surface area contributed by atoms with Crippen molar-refractivity contribution in [3.05, 3.63) is 242 Å². The number of hydroxylamine groups is 2. The molecule has 12 aromatic heterocycles. The summed E-state index contributed by atoms with van der Waals surface area (Å²) in [6.45, 7) is 16.0. The van der Waals surface area contributed by atoms with Crippen molar-refractivity contribution in [3.8, 4) is 17.3 Å². The second kappa shape index (κ2) is 40.3. The lowest BCUT2D eigenvalue weighted by Gasteiger charge is -2.16. The number of nitrogens with two attached hydrogens (primary N) is 1. The molecule has 0 spiro atoms. The Kier molecular flexibility index (Phi) is 30.1. The Morgan fingerprint density at radius 3 is 1.47 bits per heavy atom. The van der Waals surface area contributed by atoms with Crippen molar-refractivity contribution in [1.82, 2.24) is 63.5 Å².